The Labute approximate surface area is 102 Å². The summed E-state index contributed by atoms with van der Waals surface area (Å²) in [4.78, 5) is 19.4. The van der Waals surface area contributed by atoms with E-state index in [0.29, 0.717) is 0 Å². The molecule has 0 aromatic carbocycles. The Morgan fingerprint density at radius 1 is 1.33 bits per heavy atom. The second-order valence-corrected chi connectivity index (χ2v) is 5.34. The lowest BCUT2D eigenvalue weighted by atomic mass is 10.5. The van der Waals surface area contributed by atoms with Gasteiger partial charge in [-0.3, -0.25) is 0 Å². The molecule has 2 rings (SSSR count). The topological polar surface area (TPSA) is 119 Å². The van der Waals surface area contributed by atoms with E-state index in [1.807, 2.05) is 0 Å². The maximum absolute atomic E-state index is 11.9. The molecule has 0 aliphatic heterocycles. The normalized spacial score (nSPS) is 11.3. The van der Waals surface area contributed by atoms with Gasteiger partial charge in [-0.05, 0) is 17.1 Å². The SMILES string of the molecule is O=[N+]([O-])c1cnc(CS(=O)(=O)c2ccccn2)[nH]1. The van der Waals surface area contributed by atoms with E-state index in [9.17, 15) is 18.5 Å². The molecule has 0 bridgehead atoms. The zero-order valence-corrected chi connectivity index (χ0v) is 9.79. The lowest BCUT2D eigenvalue weighted by Gasteiger charge is -1.98. The Morgan fingerprint density at radius 3 is 2.67 bits per heavy atom. The number of hydrogen-bond acceptors (Lipinski definition) is 6. The molecule has 2 aromatic rings. The first kappa shape index (κ1) is 12.2. The Hall–Kier alpha value is -2.29. The van der Waals surface area contributed by atoms with Gasteiger partial charge < -0.3 is 10.1 Å². The summed E-state index contributed by atoms with van der Waals surface area (Å²) in [6.45, 7) is 0. The van der Waals surface area contributed by atoms with Crippen LogP contribution in [0.5, 0.6) is 0 Å². The standard InChI is InChI=1S/C9H8N4O4S/c14-13(15)8-5-11-7(12-8)6-18(16,17)9-3-1-2-4-10-9/h1-5H,6H2,(H,11,12). The van der Waals surface area contributed by atoms with Gasteiger partial charge >= 0.3 is 5.82 Å². The number of aromatic amines is 1. The van der Waals surface area contributed by atoms with E-state index in [2.05, 4.69) is 15.0 Å². The molecule has 0 amide bonds. The van der Waals surface area contributed by atoms with Gasteiger partial charge in [0, 0.05) is 6.20 Å². The average molecular weight is 268 g/mol. The third-order valence-corrected chi connectivity index (χ3v) is 3.63. The molecule has 0 atom stereocenters. The molecule has 0 unspecified atom stereocenters. The summed E-state index contributed by atoms with van der Waals surface area (Å²) in [6.07, 6.45) is 2.33. The second kappa shape index (κ2) is 4.53. The number of H-pyrrole nitrogens is 1. The van der Waals surface area contributed by atoms with Crippen LogP contribution in [0.25, 0.3) is 0 Å². The third-order valence-electron chi connectivity index (χ3n) is 2.09. The highest BCUT2D eigenvalue weighted by molar-refractivity contribution is 7.90. The molecule has 8 nitrogen and oxygen atoms in total. The number of aromatic nitrogens is 3. The van der Waals surface area contributed by atoms with E-state index in [-0.39, 0.29) is 16.7 Å². The Bertz CT molecular complexity index is 665. The average Bonchev–Trinajstić information content (AvgIpc) is 2.78. The van der Waals surface area contributed by atoms with Gasteiger partial charge in [0.25, 0.3) is 0 Å². The Kier molecular flexibility index (Phi) is 3.06. The van der Waals surface area contributed by atoms with E-state index in [1.165, 1.54) is 12.3 Å². The minimum Gasteiger partial charge on any atom is -0.358 e. The van der Waals surface area contributed by atoms with Crippen LogP contribution in [0, 0.1) is 10.1 Å². The van der Waals surface area contributed by atoms with E-state index < -0.39 is 20.5 Å². The maximum Gasteiger partial charge on any atom is 0.340 e. The number of rotatable bonds is 4. The summed E-state index contributed by atoms with van der Waals surface area (Å²) in [7, 11) is -3.65. The Morgan fingerprint density at radius 2 is 2.11 bits per heavy atom. The van der Waals surface area contributed by atoms with E-state index in [4.69, 9.17) is 0 Å². The molecule has 0 aliphatic carbocycles. The predicted molar refractivity (Wildman–Crippen MR) is 60.4 cm³/mol. The zero-order valence-electron chi connectivity index (χ0n) is 8.98. The van der Waals surface area contributed by atoms with E-state index in [1.54, 1.807) is 12.1 Å². The Balaban J connectivity index is 2.25. The smallest absolute Gasteiger partial charge is 0.340 e. The minimum atomic E-state index is -3.65. The summed E-state index contributed by atoms with van der Waals surface area (Å²) in [5.74, 6) is -0.800. The van der Waals surface area contributed by atoms with Gasteiger partial charge in [-0.15, -0.1) is 0 Å². The van der Waals surface area contributed by atoms with Crippen molar-refractivity contribution in [3.63, 3.8) is 0 Å². The van der Waals surface area contributed by atoms with Crippen LogP contribution in [0.2, 0.25) is 0 Å². The number of imidazole rings is 1. The van der Waals surface area contributed by atoms with Crippen LogP contribution in [0.3, 0.4) is 0 Å². The van der Waals surface area contributed by atoms with Crippen molar-refractivity contribution >= 4 is 15.7 Å². The first-order valence-corrected chi connectivity index (χ1v) is 6.46. The summed E-state index contributed by atoms with van der Waals surface area (Å²) in [5, 5.41) is 10.3. The van der Waals surface area contributed by atoms with Crippen LogP contribution in [0.15, 0.2) is 35.6 Å². The summed E-state index contributed by atoms with van der Waals surface area (Å²) >= 11 is 0. The molecular formula is C9H8N4O4S. The first-order chi connectivity index (χ1) is 8.49. The number of pyridine rings is 1. The minimum absolute atomic E-state index is 0.00681. The molecule has 2 heterocycles. The fraction of sp³-hybridized carbons (Fsp3) is 0.111. The fourth-order valence-corrected chi connectivity index (χ4v) is 2.46. The fourth-order valence-electron chi connectivity index (χ4n) is 1.30. The summed E-state index contributed by atoms with van der Waals surface area (Å²) < 4.78 is 23.8. The van der Waals surface area contributed by atoms with E-state index in [0.717, 1.165) is 6.20 Å². The molecule has 1 N–H and O–H groups in total. The van der Waals surface area contributed by atoms with Crippen LogP contribution < -0.4 is 0 Å². The predicted octanol–water partition coefficient (Wildman–Crippen LogP) is 0.687. The van der Waals surface area contributed by atoms with Crippen LogP contribution in [-0.4, -0.2) is 28.3 Å². The summed E-state index contributed by atoms with van der Waals surface area (Å²) in [5.41, 5.74) is 0. The number of sulfone groups is 1. The van der Waals surface area contributed by atoms with Gasteiger partial charge in [0.2, 0.25) is 15.7 Å². The van der Waals surface area contributed by atoms with Crippen molar-refractivity contribution in [2.75, 3.05) is 0 Å². The highest BCUT2D eigenvalue weighted by Gasteiger charge is 2.21. The quantitative estimate of drug-likeness (QED) is 0.643. The van der Waals surface area contributed by atoms with Crippen molar-refractivity contribution < 1.29 is 13.3 Å². The van der Waals surface area contributed by atoms with Gasteiger partial charge in [0.05, 0.1) is 0 Å². The van der Waals surface area contributed by atoms with Crippen molar-refractivity contribution in [1.82, 2.24) is 15.0 Å². The van der Waals surface area contributed by atoms with Gasteiger partial charge in [-0.25, -0.2) is 23.4 Å². The number of hydrogen-bond donors (Lipinski definition) is 1. The van der Waals surface area contributed by atoms with Gasteiger partial charge in [-0.1, -0.05) is 6.07 Å². The molecule has 0 radical (unpaired) electrons. The van der Waals surface area contributed by atoms with Crippen molar-refractivity contribution in [3.05, 3.63) is 46.5 Å². The zero-order chi connectivity index (χ0) is 13.2. The maximum atomic E-state index is 11.9. The lowest BCUT2D eigenvalue weighted by molar-refractivity contribution is -0.389. The molecule has 0 saturated heterocycles. The highest BCUT2D eigenvalue weighted by Crippen LogP contribution is 2.14. The van der Waals surface area contributed by atoms with Crippen molar-refractivity contribution in [2.45, 2.75) is 10.8 Å². The first-order valence-electron chi connectivity index (χ1n) is 4.81. The summed E-state index contributed by atoms with van der Waals surface area (Å²) in [6, 6.07) is 4.49. The monoisotopic (exact) mass is 268 g/mol. The molecule has 94 valence electrons. The molecule has 0 aliphatic rings. The molecule has 0 spiro atoms. The van der Waals surface area contributed by atoms with Crippen LogP contribution in [-0.2, 0) is 15.6 Å². The van der Waals surface area contributed by atoms with Crippen molar-refractivity contribution in [2.24, 2.45) is 0 Å². The molecular weight excluding hydrogens is 260 g/mol. The number of nitrogens with one attached hydrogen (secondary N) is 1. The third kappa shape index (κ3) is 2.51. The van der Waals surface area contributed by atoms with Crippen LogP contribution >= 0.6 is 0 Å². The van der Waals surface area contributed by atoms with Gasteiger partial charge in [0.1, 0.15) is 11.9 Å². The van der Waals surface area contributed by atoms with Gasteiger partial charge in [-0.2, -0.15) is 0 Å². The lowest BCUT2D eigenvalue weighted by Crippen LogP contribution is -2.08. The molecule has 18 heavy (non-hydrogen) atoms. The van der Waals surface area contributed by atoms with Crippen molar-refractivity contribution in [1.29, 1.82) is 0 Å². The highest BCUT2D eigenvalue weighted by atomic mass is 32.2. The number of nitro groups is 1. The number of nitrogens with zero attached hydrogens (tertiary/aromatic N) is 3. The molecule has 2 aromatic heterocycles. The van der Waals surface area contributed by atoms with Gasteiger partial charge in [0.15, 0.2) is 5.03 Å². The molecule has 0 fully saturated rings. The second-order valence-electron chi connectivity index (χ2n) is 3.40. The van der Waals surface area contributed by atoms with Crippen LogP contribution in [0.4, 0.5) is 5.82 Å². The largest absolute Gasteiger partial charge is 0.358 e. The van der Waals surface area contributed by atoms with Crippen LogP contribution in [0.1, 0.15) is 5.82 Å². The molecule has 9 heteroatoms. The van der Waals surface area contributed by atoms with E-state index >= 15 is 0 Å². The molecule has 0 saturated carbocycles. The van der Waals surface area contributed by atoms with Crippen molar-refractivity contribution in [3.8, 4) is 0 Å².